The summed E-state index contributed by atoms with van der Waals surface area (Å²) in [6, 6.07) is 16.8. The minimum Gasteiger partial charge on any atom is -0.506 e. The Morgan fingerprint density at radius 3 is 2.50 bits per heavy atom. The average molecular weight is 377 g/mol. The number of aromatic hydroxyl groups is 1. The minimum atomic E-state index is -0.332. The number of para-hydroxylation sites is 2. The summed E-state index contributed by atoms with van der Waals surface area (Å²) in [7, 11) is 0. The van der Waals surface area contributed by atoms with E-state index < -0.39 is 0 Å². The predicted octanol–water partition coefficient (Wildman–Crippen LogP) is 2.73. The number of amides is 2. The highest BCUT2D eigenvalue weighted by atomic mass is 16.5. The number of benzene rings is 2. The Hall–Kier alpha value is -3.87. The molecule has 0 spiro atoms. The van der Waals surface area contributed by atoms with Gasteiger partial charge in [0.25, 0.3) is 11.8 Å². The molecule has 0 atom stereocenters. The zero-order valence-electron chi connectivity index (χ0n) is 15.0. The third-order valence-electron chi connectivity index (χ3n) is 3.86. The third-order valence-corrected chi connectivity index (χ3v) is 3.86. The molecule has 3 rings (SSSR count). The molecule has 0 saturated carbocycles. The van der Waals surface area contributed by atoms with E-state index in [1.165, 1.54) is 12.3 Å². The smallest absolute Gasteiger partial charge is 0.258 e. The van der Waals surface area contributed by atoms with Gasteiger partial charge >= 0.3 is 0 Å². The van der Waals surface area contributed by atoms with Crippen LogP contribution in [0.25, 0.3) is 0 Å². The van der Waals surface area contributed by atoms with Crippen molar-refractivity contribution < 1.29 is 19.4 Å². The number of ether oxygens (including phenoxy) is 1. The molecule has 2 amide bonds. The number of aromatic nitrogens is 1. The molecule has 0 aliphatic carbocycles. The van der Waals surface area contributed by atoms with Crippen LogP contribution in [0, 0.1) is 0 Å². The van der Waals surface area contributed by atoms with Gasteiger partial charge in [-0.3, -0.25) is 14.6 Å². The van der Waals surface area contributed by atoms with Crippen molar-refractivity contribution in [2.24, 2.45) is 0 Å². The molecule has 0 saturated heterocycles. The van der Waals surface area contributed by atoms with Gasteiger partial charge in [0, 0.05) is 18.3 Å². The fourth-order valence-corrected chi connectivity index (χ4v) is 2.38. The molecule has 0 unspecified atom stereocenters. The lowest BCUT2D eigenvalue weighted by molar-refractivity contribution is -0.123. The first-order valence-corrected chi connectivity index (χ1v) is 8.59. The molecule has 3 aromatic rings. The molecule has 0 aliphatic rings. The van der Waals surface area contributed by atoms with Crippen molar-refractivity contribution in [3.8, 4) is 11.5 Å². The van der Waals surface area contributed by atoms with E-state index in [2.05, 4.69) is 15.6 Å². The van der Waals surface area contributed by atoms with Gasteiger partial charge in [-0.25, -0.2) is 0 Å². The number of hydrogen-bond acceptors (Lipinski definition) is 5. The van der Waals surface area contributed by atoms with Crippen molar-refractivity contribution in [2.75, 3.05) is 11.9 Å². The minimum absolute atomic E-state index is 0.00341. The van der Waals surface area contributed by atoms with Crippen LogP contribution in [-0.2, 0) is 11.3 Å². The number of phenols is 1. The summed E-state index contributed by atoms with van der Waals surface area (Å²) in [5.74, 6) is -0.0617. The van der Waals surface area contributed by atoms with Crippen molar-refractivity contribution in [3.63, 3.8) is 0 Å². The second kappa shape index (κ2) is 9.18. The molecule has 28 heavy (non-hydrogen) atoms. The molecule has 0 aliphatic heterocycles. The van der Waals surface area contributed by atoms with E-state index in [4.69, 9.17) is 4.74 Å². The Bertz CT molecular complexity index is 943. The second-order valence-corrected chi connectivity index (χ2v) is 5.92. The fraction of sp³-hybridized carbons (Fsp3) is 0.0952. The maximum Gasteiger partial charge on any atom is 0.258 e. The molecule has 7 nitrogen and oxygen atoms in total. The first-order chi connectivity index (χ1) is 13.6. The summed E-state index contributed by atoms with van der Waals surface area (Å²) >= 11 is 0. The third kappa shape index (κ3) is 5.31. The van der Waals surface area contributed by atoms with Gasteiger partial charge in [0.15, 0.2) is 6.61 Å². The van der Waals surface area contributed by atoms with Crippen LogP contribution in [0.5, 0.6) is 11.5 Å². The molecular formula is C21H19N3O4. The Morgan fingerprint density at radius 1 is 1.00 bits per heavy atom. The molecule has 3 N–H and O–H groups in total. The lowest BCUT2D eigenvalue weighted by atomic mass is 10.1. The van der Waals surface area contributed by atoms with Gasteiger partial charge in [0.2, 0.25) is 0 Å². The highest BCUT2D eigenvalue weighted by molar-refractivity contribution is 6.05. The van der Waals surface area contributed by atoms with Crippen LogP contribution in [0.1, 0.15) is 15.9 Å². The largest absolute Gasteiger partial charge is 0.506 e. The maximum atomic E-state index is 12.3. The van der Waals surface area contributed by atoms with E-state index in [9.17, 15) is 14.7 Å². The van der Waals surface area contributed by atoms with E-state index in [1.807, 2.05) is 0 Å². The van der Waals surface area contributed by atoms with Gasteiger partial charge in [-0.1, -0.05) is 24.3 Å². The van der Waals surface area contributed by atoms with E-state index >= 15 is 0 Å². The molecule has 7 heteroatoms. The number of hydrogen-bond donors (Lipinski definition) is 3. The number of nitrogens with zero attached hydrogens (tertiary/aromatic N) is 1. The van der Waals surface area contributed by atoms with Gasteiger partial charge in [-0.05, 0) is 42.0 Å². The monoisotopic (exact) mass is 377 g/mol. The van der Waals surface area contributed by atoms with Crippen LogP contribution in [0.15, 0.2) is 73.1 Å². The molecule has 0 fully saturated rings. The van der Waals surface area contributed by atoms with Crippen molar-refractivity contribution in [3.05, 3.63) is 84.2 Å². The van der Waals surface area contributed by atoms with E-state index in [0.29, 0.717) is 23.5 Å². The summed E-state index contributed by atoms with van der Waals surface area (Å²) in [4.78, 5) is 28.0. The average Bonchev–Trinajstić information content (AvgIpc) is 2.73. The molecular weight excluding hydrogens is 358 g/mol. The van der Waals surface area contributed by atoms with Crippen LogP contribution in [0.3, 0.4) is 0 Å². The van der Waals surface area contributed by atoms with Crippen LogP contribution in [0.2, 0.25) is 0 Å². The topological polar surface area (TPSA) is 101 Å². The first kappa shape index (κ1) is 18.9. The SMILES string of the molecule is O=C(COc1cccnc1)NCc1ccc(C(=O)Nc2ccccc2O)cc1. The van der Waals surface area contributed by atoms with Crippen LogP contribution < -0.4 is 15.4 Å². The van der Waals surface area contributed by atoms with Crippen molar-refractivity contribution in [1.82, 2.24) is 10.3 Å². The van der Waals surface area contributed by atoms with E-state index in [0.717, 1.165) is 5.56 Å². The number of carbonyl (C=O) groups is 2. The maximum absolute atomic E-state index is 12.3. The van der Waals surface area contributed by atoms with Gasteiger partial charge in [-0.2, -0.15) is 0 Å². The number of carbonyl (C=O) groups excluding carboxylic acids is 2. The quantitative estimate of drug-likeness (QED) is 0.550. The van der Waals surface area contributed by atoms with Crippen molar-refractivity contribution in [2.45, 2.75) is 6.54 Å². The fourth-order valence-electron chi connectivity index (χ4n) is 2.38. The van der Waals surface area contributed by atoms with E-state index in [-0.39, 0.29) is 24.2 Å². The Kier molecular flexibility index (Phi) is 6.20. The summed E-state index contributed by atoms with van der Waals surface area (Å²) in [6.07, 6.45) is 3.16. The number of phenolic OH excluding ortho intramolecular Hbond substituents is 1. The number of rotatable bonds is 7. The zero-order valence-corrected chi connectivity index (χ0v) is 15.0. The van der Waals surface area contributed by atoms with Gasteiger partial charge in [0.05, 0.1) is 11.9 Å². The summed E-state index contributed by atoms with van der Waals surface area (Å²) < 4.78 is 5.33. The van der Waals surface area contributed by atoms with E-state index in [1.54, 1.807) is 60.8 Å². The Balaban J connectivity index is 1.48. The second-order valence-electron chi connectivity index (χ2n) is 5.92. The Labute approximate surface area is 162 Å². The standard InChI is InChI=1S/C21H19N3O4/c25-19-6-2-1-5-18(19)24-21(27)16-9-7-15(8-10-16)12-23-20(26)14-28-17-4-3-11-22-13-17/h1-11,13,25H,12,14H2,(H,23,26)(H,24,27). The van der Waals surface area contributed by atoms with Crippen LogP contribution in [0.4, 0.5) is 5.69 Å². The molecule has 1 aromatic heterocycles. The van der Waals surface area contributed by atoms with Gasteiger partial charge < -0.3 is 20.5 Å². The molecule has 2 aromatic carbocycles. The summed E-state index contributed by atoms with van der Waals surface area (Å²) in [5, 5.41) is 15.1. The molecule has 0 radical (unpaired) electrons. The van der Waals surface area contributed by atoms with Crippen molar-refractivity contribution in [1.29, 1.82) is 0 Å². The predicted molar refractivity (Wildman–Crippen MR) is 104 cm³/mol. The lowest BCUT2D eigenvalue weighted by Gasteiger charge is -2.09. The first-order valence-electron chi connectivity index (χ1n) is 8.59. The number of anilines is 1. The van der Waals surface area contributed by atoms with Gasteiger partial charge in [-0.15, -0.1) is 0 Å². The molecule has 0 bridgehead atoms. The van der Waals surface area contributed by atoms with Crippen molar-refractivity contribution >= 4 is 17.5 Å². The van der Waals surface area contributed by atoms with Crippen LogP contribution >= 0.6 is 0 Å². The number of nitrogens with one attached hydrogen (secondary N) is 2. The highest BCUT2D eigenvalue weighted by Gasteiger charge is 2.09. The summed E-state index contributed by atoms with van der Waals surface area (Å²) in [5.41, 5.74) is 1.63. The molecule has 142 valence electrons. The van der Waals surface area contributed by atoms with Crippen LogP contribution in [-0.4, -0.2) is 28.5 Å². The normalized spacial score (nSPS) is 10.1. The summed E-state index contributed by atoms with van der Waals surface area (Å²) in [6.45, 7) is 0.212. The highest BCUT2D eigenvalue weighted by Crippen LogP contribution is 2.22. The van der Waals surface area contributed by atoms with Gasteiger partial charge in [0.1, 0.15) is 11.5 Å². The molecule has 1 heterocycles. The number of pyridine rings is 1. The zero-order chi connectivity index (χ0) is 19.8. The lowest BCUT2D eigenvalue weighted by Crippen LogP contribution is -2.28. The Morgan fingerprint density at radius 2 is 1.79 bits per heavy atom.